The van der Waals surface area contributed by atoms with E-state index in [1.807, 2.05) is 36.4 Å². The van der Waals surface area contributed by atoms with Crippen molar-refractivity contribution >= 4 is 28.3 Å². The summed E-state index contributed by atoms with van der Waals surface area (Å²) in [6.45, 7) is 1.35. The van der Waals surface area contributed by atoms with Gasteiger partial charge in [0.05, 0.1) is 12.8 Å². The van der Waals surface area contributed by atoms with Gasteiger partial charge in [-0.25, -0.2) is 0 Å². The van der Waals surface area contributed by atoms with E-state index < -0.39 is 5.97 Å². The fraction of sp³-hybridized carbons (Fsp3) is 0.182. The molecule has 0 radical (unpaired) electrons. The van der Waals surface area contributed by atoms with Crippen LogP contribution in [0.3, 0.4) is 0 Å². The molecule has 0 fully saturated rings. The highest BCUT2D eigenvalue weighted by atomic mass is 16.6. The van der Waals surface area contributed by atoms with Crippen molar-refractivity contribution in [3.05, 3.63) is 65.7 Å². The molecule has 0 spiro atoms. The highest BCUT2D eigenvalue weighted by Gasteiger charge is 2.28. The van der Waals surface area contributed by atoms with Crippen LogP contribution in [0.25, 0.3) is 10.8 Å². The number of rotatable bonds is 3. The molecule has 5 nitrogen and oxygen atoms in total. The van der Waals surface area contributed by atoms with E-state index in [0.29, 0.717) is 17.9 Å². The van der Waals surface area contributed by atoms with Gasteiger partial charge >= 0.3 is 5.97 Å². The lowest BCUT2D eigenvalue weighted by molar-refractivity contribution is -0.132. The molecule has 1 aliphatic rings. The van der Waals surface area contributed by atoms with Gasteiger partial charge in [-0.05, 0) is 28.6 Å². The summed E-state index contributed by atoms with van der Waals surface area (Å²) >= 11 is 0. The summed E-state index contributed by atoms with van der Waals surface area (Å²) in [5, 5.41) is 5.14. The summed E-state index contributed by atoms with van der Waals surface area (Å²) in [5.41, 5.74) is 2.86. The first-order valence-corrected chi connectivity index (χ1v) is 8.74. The Hall–Kier alpha value is -3.34. The molecule has 1 aliphatic heterocycles. The van der Waals surface area contributed by atoms with Crippen LogP contribution in [0.5, 0.6) is 11.5 Å². The summed E-state index contributed by atoms with van der Waals surface area (Å²) in [6, 6.07) is 17.6. The largest absolute Gasteiger partial charge is 0.493 e. The number of hydrogen-bond acceptors (Lipinski definition) is 4. The predicted octanol–water partition coefficient (Wildman–Crippen LogP) is 4.25. The van der Waals surface area contributed by atoms with Gasteiger partial charge in [0.2, 0.25) is 5.91 Å². The number of carbonyl (C=O) groups is 2. The van der Waals surface area contributed by atoms with Crippen molar-refractivity contribution in [2.45, 2.75) is 19.3 Å². The zero-order chi connectivity index (χ0) is 19.0. The molecule has 3 aromatic carbocycles. The molecule has 3 aromatic rings. The molecule has 4 rings (SSSR count). The fourth-order valence-corrected chi connectivity index (χ4v) is 3.64. The third-order valence-electron chi connectivity index (χ3n) is 4.83. The topological polar surface area (TPSA) is 64.6 Å². The van der Waals surface area contributed by atoms with E-state index in [2.05, 4.69) is 17.4 Å². The lowest BCUT2D eigenvalue weighted by Gasteiger charge is -2.27. The molecule has 1 unspecified atom stereocenters. The summed E-state index contributed by atoms with van der Waals surface area (Å²) in [7, 11) is 1.53. The highest BCUT2D eigenvalue weighted by Crippen LogP contribution is 2.42. The van der Waals surface area contributed by atoms with Gasteiger partial charge in [-0.1, -0.05) is 42.5 Å². The fourth-order valence-electron chi connectivity index (χ4n) is 3.64. The maximum Gasteiger partial charge on any atom is 0.308 e. The Bertz CT molecular complexity index is 1060. The van der Waals surface area contributed by atoms with Crippen LogP contribution < -0.4 is 14.8 Å². The Labute approximate surface area is 156 Å². The van der Waals surface area contributed by atoms with Crippen LogP contribution in [0.15, 0.2) is 54.6 Å². The van der Waals surface area contributed by atoms with Crippen molar-refractivity contribution < 1.29 is 19.1 Å². The number of methoxy groups -OCH3 is 1. The molecule has 0 aromatic heterocycles. The molecular weight excluding hydrogens is 342 g/mol. The summed E-state index contributed by atoms with van der Waals surface area (Å²) in [6.07, 6.45) is 0.349. The number of nitrogens with one attached hydrogen (secondary N) is 1. The molecule has 5 heteroatoms. The molecule has 0 aliphatic carbocycles. The van der Waals surface area contributed by atoms with Gasteiger partial charge in [-0.3, -0.25) is 9.59 Å². The van der Waals surface area contributed by atoms with Crippen LogP contribution in [0.1, 0.15) is 30.4 Å². The number of fused-ring (bicyclic) bond motifs is 3. The molecule has 1 atom stereocenters. The maximum atomic E-state index is 12.4. The molecule has 1 N–H and O–H groups in total. The normalized spacial score (nSPS) is 15.8. The van der Waals surface area contributed by atoms with Crippen molar-refractivity contribution in [3.8, 4) is 11.5 Å². The van der Waals surface area contributed by atoms with Crippen LogP contribution in [-0.4, -0.2) is 19.0 Å². The van der Waals surface area contributed by atoms with Crippen LogP contribution in [0, 0.1) is 0 Å². The Morgan fingerprint density at radius 3 is 2.67 bits per heavy atom. The third-order valence-corrected chi connectivity index (χ3v) is 4.83. The van der Waals surface area contributed by atoms with E-state index in [1.54, 1.807) is 6.07 Å². The van der Waals surface area contributed by atoms with Crippen molar-refractivity contribution in [2.24, 2.45) is 0 Å². The van der Waals surface area contributed by atoms with Gasteiger partial charge in [0.25, 0.3) is 0 Å². The van der Waals surface area contributed by atoms with Gasteiger partial charge in [0.15, 0.2) is 11.5 Å². The number of amides is 1. The van der Waals surface area contributed by atoms with Gasteiger partial charge in [0, 0.05) is 24.6 Å². The summed E-state index contributed by atoms with van der Waals surface area (Å²) in [5.74, 6) is 0.309. The van der Waals surface area contributed by atoms with E-state index in [-0.39, 0.29) is 11.8 Å². The Balaban J connectivity index is 1.83. The number of benzene rings is 3. The number of carbonyl (C=O) groups excluding carboxylic acids is 2. The smallest absolute Gasteiger partial charge is 0.308 e. The SMILES string of the molecule is COc1cc(C2CC(=O)Nc3c2ccc2ccccc32)ccc1OC(C)=O. The molecule has 1 heterocycles. The molecule has 0 bridgehead atoms. The summed E-state index contributed by atoms with van der Waals surface area (Å²) in [4.78, 5) is 23.7. The van der Waals surface area contributed by atoms with Gasteiger partial charge in [0.1, 0.15) is 0 Å². The molecule has 136 valence electrons. The van der Waals surface area contributed by atoms with E-state index in [1.165, 1.54) is 14.0 Å². The average Bonchev–Trinajstić information content (AvgIpc) is 2.67. The van der Waals surface area contributed by atoms with Crippen LogP contribution >= 0.6 is 0 Å². The number of esters is 1. The average molecular weight is 361 g/mol. The lowest BCUT2D eigenvalue weighted by Crippen LogP contribution is -2.23. The number of hydrogen-bond donors (Lipinski definition) is 1. The van der Waals surface area contributed by atoms with E-state index in [9.17, 15) is 9.59 Å². The first-order chi connectivity index (χ1) is 13.1. The molecular formula is C22H19NO4. The Morgan fingerprint density at radius 1 is 1.07 bits per heavy atom. The van der Waals surface area contributed by atoms with E-state index >= 15 is 0 Å². The van der Waals surface area contributed by atoms with Crippen LogP contribution in [0.4, 0.5) is 5.69 Å². The number of ether oxygens (including phenoxy) is 2. The first-order valence-electron chi connectivity index (χ1n) is 8.74. The second-order valence-electron chi connectivity index (χ2n) is 6.56. The van der Waals surface area contributed by atoms with Gasteiger partial charge in [-0.15, -0.1) is 0 Å². The Kier molecular flexibility index (Phi) is 4.28. The molecule has 0 saturated heterocycles. The quantitative estimate of drug-likeness (QED) is 0.560. The van der Waals surface area contributed by atoms with Gasteiger partial charge < -0.3 is 14.8 Å². The zero-order valence-corrected chi connectivity index (χ0v) is 15.1. The van der Waals surface area contributed by atoms with Crippen LogP contribution in [0.2, 0.25) is 0 Å². The monoisotopic (exact) mass is 361 g/mol. The van der Waals surface area contributed by atoms with Crippen LogP contribution in [-0.2, 0) is 9.59 Å². The van der Waals surface area contributed by atoms with E-state index in [0.717, 1.165) is 27.6 Å². The second-order valence-corrected chi connectivity index (χ2v) is 6.56. The standard InChI is InChI=1S/C22H19NO4/c1-13(24)27-19-10-8-15(11-20(19)26-2)18-12-21(25)23-22-16-6-4-3-5-14(16)7-9-17(18)22/h3-11,18H,12H2,1-2H3,(H,23,25). The maximum absolute atomic E-state index is 12.4. The zero-order valence-electron chi connectivity index (χ0n) is 15.1. The number of anilines is 1. The van der Waals surface area contributed by atoms with E-state index in [4.69, 9.17) is 9.47 Å². The van der Waals surface area contributed by atoms with Crippen molar-refractivity contribution in [1.82, 2.24) is 0 Å². The minimum atomic E-state index is -0.407. The third kappa shape index (κ3) is 3.12. The molecule has 1 amide bonds. The minimum Gasteiger partial charge on any atom is -0.493 e. The van der Waals surface area contributed by atoms with Gasteiger partial charge in [-0.2, -0.15) is 0 Å². The Morgan fingerprint density at radius 2 is 1.89 bits per heavy atom. The second kappa shape index (κ2) is 6.76. The molecule has 0 saturated carbocycles. The van der Waals surface area contributed by atoms with Crippen molar-refractivity contribution in [3.63, 3.8) is 0 Å². The minimum absolute atomic E-state index is 0.0214. The highest BCUT2D eigenvalue weighted by molar-refractivity contribution is 6.06. The van der Waals surface area contributed by atoms with Crippen molar-refractivity contribution in [1.29, 1.82) is 0 Å². The van der Waals surface area contributed by atoms with Crippen molar-refractivity contribution in [2.75, 3.05) is 12.4 Å². The first kappa shape index (κ1) is 17.1. The lowest BCUT2D eigenvalue weighted by atomic mass is 9.83. The predicted molar refractivity (Wildman–Crippen MR) is 103 cm³/mol. The molecule has 27 heavy (non-hydrogen) atoms. The summed E-state index contributed by atoms with van der Waals surface area (Å²) < 4.78 is 10.6.